The Morgan fingerprint density at radius 1 is 1.31 bits per heavy atom. The molecule has 6 nitrogen and oxygen atoms in total. The molecule has 16 heavy (non-hydrogen) atoms. The van der Waals surface area contributed by atoms with Crippen LogP contribution in [0.2, 0.25) is 0 Å². The van der Waals surface area contributed by atoms with E-state index >= 15 is 0 Å². The van der Waals surface area contributed by atoms with E-state index in [1.165, 1.54) is 17.8 Å². The van der Waals surface area contributed by atoms with Crippen LogP contribution in [-0.2, 0) is 9.59 Å². The molecule has 86 valence electrons. The molecule has 2 aliphatic rings. The first-order chi connectivity index (χ1) is 7.40. The van der Waals surface area contributed by atoms with Crippen molar-refractivity contribution in [2.75, 3.05) is 5.75 Å². The number of urea groups is 1. The minimum atomic E-state index is -2.32. The number of nitrogens with one attached hydrogen (secondary N) is 2. The number of carbonyl (C=O) groups excluding carboxylic acids is 3. The van der Waals surface area contributed by atoms with E-state index in [1.54, 1.807) is 5.41 Å². The Balaban J connectivity index is 2.43. The van der Waals surface area contributed by atoms with E-state index in [-0.39, 0.29) is 0 Å². The SMILES string of the molecule is O=C1NC(=O)C(O)(C2(Br)C=CSC2)C(=O)N1. The second kappa shape index (κ2) is 3.57. The van der Waals surface area contributed by atoms with Crippen molar-refractivity contribution in [1.29, 1.82) is 0 Å². The van der Waals surface area contributed by atoms with E-state index in [2.05, 4.69) is 15.9 Å². The summed E-state index contributed by atoms with van der Waals surface area (Å²) < 4.78 is -1.19. The monoisotopic (exact) mass is 306 g/mol. The number of rotatable bonds is 1. The lowest BCUT2D eigenvalue weighted by atomic mass is 9.85. The Morgan fingerprint density at radius 2 is 1.88 bits per heavy atom. The van der Waals surface area contributed by atoms with Crippen LogP contribution < -0.4 is 10.6 Å². The molecule has 0 aromatic rings. The summed E-state index contributed by atoms with van der Waals surface area (Å²) in [6.07, 6.45) is 1.52. The molecule has 2 heterocycles. The Kier molecular flexibility index (Phi) is 2.59. The van der Waals surface area contributed by atoms with Gasteiger partial charge in [0, 0.05) is 5.75 Å². The Labute approximate surface area is 103 Å². The summed E-state index contributed by atoms with van der Waals surface area (Å²) in [7, 11) is 0. The number of halogens is 1. The Hall–Kier alpha value is -0.860. The second-order valence-corrected chi connectivity index (χ2v) is 5.73. The van der Waals surface area contributed by atoms with Crippen molar-refractivity contribution in [2.24, 2.45) is 0 Å². The minimum Gasteiger partial charge on any atom is -0.370 e. The zero-order chi connectivity index (χ0) is 12.0. The molecule has 1 fully saturated rings. The van der Waals surface area contributed by atoms with E-state index in [1.807, 2.05) is 10.6 Å². The first-order valence-corrected chi connectivity index (χ1v) is 6.12. The lowest BCUT2D eigenvalue weighted by Gasteiger charge is -2.38. The maximum absolute atomic E-state index is 11.6. The van der Waals surface area contributed by atoms with Gasteiger partial charge in [0.2, 0.25) is 5.60 Å². The van der Waals surface area contributed by atoms with Gasteiger partial charge in [-0.15, -0.1) is 11.8 Å². The fourth-order valence-electron chi connectivity index (χ4n) is 1.50. The largest absolute Gasteiger partial charge is 0.370 e. The van der Waals surface area contributed by atoms with Gasteiger partial charge in [-0.25, -0.2) is 4.79 Å². The van der Waals surface area contributed by atoms with Gasteiger partial charge in [0.25, 0.3) is 11.8 Å². The van der Waals surface area contributed by atoms with E-state index in [0.29, 0.717) is 5.75 Å². The summed E-state index contributed by atoms with van der Waals surface area (Å²) in [6, 6.07) is -0.926. The predicted octanol–water partition coefficient (Wildman–Crippen LogP) is -0.522. The van der Waals surface area contributed by atoms with E-state index in [4.69, 9.17) is 0 Å². The molecule has 4 amide bonds. The number of carbonyl (C=O) groups is 3. The summed E-state index contributed by atoms with van der Waals surface area (Å²) in [5.41, 5.74) is -2.32. The standard InChI is InChI=1S/C8H7BrN2O4S/c9-7(1-2-16-3-7)8(15)4(12)10-6(14)11-5(8)13/h1-2,15H,3H2,(H2,10,11,12,13,14). The molecule has 0 aromatic carbocycles. The van der Waals surface area contributed by atoms with Crippen LogP contribution in [0.5, 0.6) is 0 Å². The van der Waals surface area contributed by atoms with Crippen LogP contribution in [0.4, 0.5) is 4.79 Å². The maximum Gasteiger partial charge on any atom is 0.328 e. The Bertz CT molecular complexity index is 404. The molecule has 1 atom stereocenters. The van der Waals surface area contributed by atoms with Gasteiger partial charge in [-0.1, -0.05) is 22.0 Å². The number of alkyl halides is 1. The third-order valence-electron chi connectivity index (χ3n) is 2.43. The number of thioether (sulfide) groups is 1. The predicted molar refractivity (Wildman–Crippen MR) is 59.9 cm³/mol. The van der Waals surface area contributed by atoms with Gasteiger partial charge in [-0.3, -0.25) is 20.2 Å². The first-order valence-electron chi connectivity index (χ1n) is 4.27. The number of hydrogen-bond acceptors (Lipinski definition) is 5. The van der Waals surface area contributed by atoms with Crippen molar-refractivity contribution in [3.05, 3.63) is 11.5 Å². The third kappa shape index (κ3) is 1.40. The Morgan fingerprint density at radius 3 is 2.31 bits per heavy atom. The zero-order valence-electron chi connectivity index (χ0n) is 7.82. The van der Waals surface area contributed by atoms with Gasteiger partial charge in [-0.2, -0.15) is 0 Å². The van der Waals surface area contributed by atoms with Crippen LogP contribution in [0.3, 0.4) is 0 Å². The molecular weight excluding hydrogens is 300 g/mol. The van der Waals surface area contributed by atoms with Crippen molar-refractivity contribution in [1.82, 2.24) is 10.6 Å². The summed E-state index contributed by atoms with van der Waals surface area (Å²) >= 11 is 4.52. The van der Waals surface area contributed by atoms with Gasteiger partial charge >= 0.3 is 6.03 Å². The highest BCUT2D eigenvalue weighted by Gasteiger charge is 2.62. The molecule has 2 rings (SSSR count). The summed E-state index contributed by atoms with van der Waals surface area (Å²) in [5, 5.41) is 15.6. The lowest BCUT2D eigenvalue weighted by molar-refractivity contribution is -0.155. The fraction of sp³-hybridized carbons (Fsp3) is 0.375. The maximum atomic E-state index is 11.6. The molecule has 0 radical (unpaired) electrons. The summed E-state index contributed by atoms with van der Waals surface area (Å²) in [6.45, 7) is 0. The summed E-state index contributed by atoms with van der Waals surface area (Å²) in [5.74, 6) is -1.73. The van der Waals surface area contributed by atoms with Gasteiger partial charge in [-0.05, 0) is 5.41 Å². The molecule has 0 aromatic heterocycles. The fourth-order valence-corrected chi connectivity index (χ4v) is 3.53. The number of imide groups is 2. The highest BCUT2D eigenvalue weighted by molar-refractivity contribution is 9.10. The van der Waals surface area contributed by atoms with Crippen molar-refractivity contribution >= 4 is 45.5 Å². The van der Waals surface area contributed by atoms with Crippen molar-refractivity contribution in [3.8, 4) is 0 Å². The molecule has 1 unspecified atom stereocenters. The quantitative estimate of drug-likeness (QED) is 0.447. The lowest BCUT2D eigenvalue weighted by Crippen LogP contribution is -2.73. The number of barbiturate groups is 1. The van der Waals surface area contributed by atoms with Crippen molar-refractivity contribution < 1.29 is 19.5 Å². The molecule has 0 saturated carbocycles. The van der Waals surface area contributed by atoms with E-state index in [0.717, 1.165) is 0 Å². The molecule has 2 aliphatic heterocycles. The van der Waals surface area contributed by atoms with Gasteiger partial charge < -0.3 is 5.11 Å². The van der Waals surface area contributed by atoms with Crippen molar-refractivity contribution in [3.63, 3.8) is 0 Å². The van der Waals surface area contributed by atoms with Crippen molar-refractivity contribution in [2.45, 2.75) is 9.93 Å². The smallest absolute Gasteiger partial charge is 0.328 e. The normalized spacial score (nSPS) is 32.5. The second-order valence-electron chi connectivity index (χ2n) is 3.42. The third-order valence-corrected chi connectivity index (χ3v) is 4.87. The van der Waals surface area contributed by atoms with Crippen LogP contribution >= 0.6 is 27.7 Å². The van der Waals surface area contributed by atoms with Gasteiger partial charge in [0.1, 0.15) is 4.32 Å². The van der Waals surface area contributed by atoms with E-state index < -0.39 is 27.8 Å². The van der Waals surface area contributed by atoms with Crippen LogP contribution in [0.15, 0.2) is 11.5 Å². The number of amides is 4. The molecule has 0 bridgehead atoms. The average molecular weight is 307 g/mol. The average Bonchev–Trinajstić information content (AvgIpc) is 2.62. The minimum absolute atomic E-state index is 0.318. The van der Waals surface area contributed by atoms with Crippen LogP contribution in [-0.4, -0.2) is 38.6 Å². The molecule has 8 heteroatoms. The molecule has 1 saturated heterocycles. The van der Waals surface area contributed by atoms with Gasteiger partial charge in [0.05, 0.1) is 0 Å². The zero-order valence-corrected chi connectivity index (χ0v) is 10.2. The molecular formula is C8H7BrN2O4S. The van der Waals surface area contributed by atoms with Crippen LogP contribution in [0, 0.1) is 0 Å². The summed E-state index contributed by atoms with van der Waals surface area (Å²) in [4.78, 5) is 34.1. The first kappa shape index (κ1) is 11.6. The van der Waals surface area contributed by atoms with Gasteiger partial charge in [0.15, 0.2) is 0 Å². The van der Waals surface area contributed by atoms with Crippen LogP contribution in [0.25, 0.3) is 0 Å². The molecule has 0 spiro atoms. The highest BCUT2D eigenvalue weighted by Crippen LogP contribution is 2.42. The molecule has 3 N–H and O–H groups in total. The number of aliphatic hydroxyl groups is 1. The number of hydrogen-bond donors (Lipinski definition) is 3. The van der Waals surface area contributed by atoms with E-state index in [9.17, 15) is 19.5 Å². The topological polar surface area (TPSA) is 95.5 Å². The molecule has 0 aliphatic carbocycles. The highest BCUT2D eigenvalue weighted by atomic mass is 79.9. The van der Waals surface area contributed by atoms with Crippen LogP contribution in [0.1, 0.15) is 0 Å².